The molecule has 20 heavy (non-hydrogen) atoms. The number of fused-ring (bicyclic) bond motifs is 1. The zero-order chi connectivity index (χ0) is 13.9. The van der Waals surface area contributed by atoms with Crippen LogP contribution in [-0.2, 0) is 6.54 Å². The molecule has 0 spiro atoms. The Labute approximate surface area is 122 Å². The number of hydrogen-bond donors (Lipinski definition) is 1. The third kappa shape index (κ3) is 2.74. The highest BCUT2D eigenvalue weighted by Crippen LogP contribution is 2.30. The lowest BCUT2D eigenvalue weighted by Gasteiger charge is -1.98. The Bertz CT molecular complexity index is 714. The Morgan fingerprint density at radius 3 is 2.80 bits per heavy atom. The van der Waals surface area contributed by atoms with Crippen molar-refractivity contribution in [3.05, 3.63) is 47.2 Å². The molecule has 0 unspecified atom stereocenters. The molecule has 2 heterocycles. The molecule has 0 aliphatic heterocycles. The smallest absolute Gasteiger partial charge is 0.170 e. The van der Waals surface area contributed by atoms with Gasteiger partial charge in [0.2, 0.25) is 0 Å². The molecule has 3 rings (SSSR count). The number of hydrogen-bond acceptors (Lipinski definition) is 3. The Balaban J connectivity index is 1.83. The van der Waals surface area contributed by atoms with Gasteiger partial charge in [-0.2, -0.15) is 0 Å². The normalized spacial score (nSPS) is 11.3. The van der Waals surface area contributed by atoms with Gasteiger partial charge in [0.25, 0.3) is 0 Å². The average molecular weight is 290 g/mol. The third-order valence-corrected chi connectivity index (χ3v) is 3.34. The second-order valence-corrected chi connectivity index (χ2v) is 5.17. The van der Waals surface area contributed by atoms with Gasteiger partial charge in [0.05, 0.1) is 6.54 Å². The van der Waals surface area contributed by atoms with E-state index in [0.29, 0.717) is 5.02 Å². The second-order valence-electron chi connectivity index (χ2n) is 4.74. The molecule has 0 radical (unpaired) electrons. The minimum Gasteiger partial charge on any atom is -0.456 e. The van der Waals surface area contributed by atoms with Crippen LogP contribution in [0.3, 0.4) is 0 Å². The predicted octanol–water partition coefficient (Wildman–Crippen LogP) is 4.85. The summed E-state index contributed by atoms with van der Waals surface area (Å²) in [5.41, 5.74) is 0.812. The highest BCUT2D eigenvalue weighted by Gasteiger charge is 2.10. The molecule has 3 aromatic rings. The molecule has 0 aliphatic carbocycles. The first-order valence-electron chi connectivity index (χ1n) is 6.75. The summed E-state index contributed by atoms with van der Waals surface area (Å²) in [5, 5.41) is 4.99. The van der Waals surface area contributed by atoms with Crippen LogP contribution in [0.1, 0.15) is 19.1 Å². The van der Waals surface area contributed by atoms with E-state index in [1.54, 1.807) is 0 Å². The van der Waals surface area contributed by atoms with Crippen molar-refractivity contribution in [2.24, 2.45) is 0 Å². The average Bonchev–Trinajstić information content (AvgIpc) is 3.04. The van der Waals surface area contributed by atoms with Crippen molar-refractivity contribution in [2.75, 3.05) is 6.54 Å². The number of benzene rings is 1. The van der Waals surface area contributed by atoms with Crippen LogP contribution in [0.25, 0.3) is 22.5 Å². The highest BCUT2D eigenvalue weighted by molar-refractivity contribution is 6.31. The summed E-state index contributed by atoms with van der Waals surface area (Å²) in [4.78, 5) is 0. The molecule has 104 valence electrons. The van der Waals surface area contributed by atoms with Crippen molar-refractivity contribution in [1.29, 1.82) is 0 Å². The van der Waals surface area contributed by atoms with Crippen molar-refractivity contribution in [2.45, 2.75) is 19.9 Å². The van der Waals surface area contributed by atoms with Gasteiger partial charge in [0, 0.05) is 10.4 Å². The molecule has 0 saturated heterocycles. The summed E-state index contributed by atoms with van der Waals surface area (Å²) in [5.74, 6) is 2.38. The molecule has 1 aromatic carbocycles. The van der Waals surface area contributed by atoms with Gasteiger partial charge < -0.3 is 14.2 Å². The molecule has 0 saturated carbocycles. The Morgan fingerprint density at radius 1 is 1.05 bits per heavy atom. The summed E-state index contributed by atoms with van der Waals surface area (Å²) in [6, 6.07) is 11.4. The predicted molar refractivity (Wildman–Crippen MR) is 80.9 cm³/mol. The number of halogens is 1. The van der Waals surface area contributed by atoms with Crippen molar-refractivity contribution in [1.82, 2.24) is 5.32 Å². The van der Waals surface area contributed by atoms with Crippen LogP contribution in [0.2, 0.25) is 5.02 Å². The Kier molecular flexibility index (Phi) is 3.81. The van der Waals surface area contributed by atoms with Crippen molar-refractivity contribution in [3.63, 3.8) is 0 Å². The lowest BCUT2D eigenvalue weighted by molar-refractivity contribution is 0.479. The number of rotatable bonds is 5. The van der Waals surface area contributed by atoms with E-state index < -0.39 is 0 Å². The Hall–Kier alpha value is -1.71. The fourth-order valence-electron chi connectivity index (χ4n) is 2.13. The maximum absolute atomic E-state index is 5.98. The second kappa shape index (κ2) is 5.73. The molecule has 1 N–H and O–H groups in total. The first kappa shape index (κ1) is 13.3. The largest absolute Gasteiger partial charge is 0.456 e. The van der Waals surface area contributed by atoms with Gasteiger partial charge in [0.1, 0.15) is 11.3 Å². The maximum atomic E-state index is 5.98. The van der Waals surface area contributed by atoms with Crippen molar-refractivity contribution >= 4 is 22.6 Å². The SMILES string of the molecule is CCCNCc1ccc(-c2cc3cc(Cl)ccc3o2)o1. The van der Waals surface area contributed by atoms with Crippen LogP contribution in [0, 0.1) is 0 Å². The molecule has 0 amide bonds. The summed E-state index contributed by atoms with van der Waals surface area (Å²) in [6.45, 7) is 3.86. The van der Waals surface area contributed by atoms with Crippen LogP contribution in [-0.4, -0.2) is 6.54 Å². The quantitative estimate of drug-likeness (QED) is 0.683. The molecule has 4 heteroatoms. The van der Waals surface area contributed by atoms with E-state index in [1.807, 2.05) is 36.4 Å². The molecule has 3 nitrogen and oxygen atoms in total. The van der Waals surface area contributed by atoms with Gasteiger partial charge in [-0.25, -0.2) is 0 Å². The fourth-order valence-corrected chi connectivity index (χ4v) is 2.31. The standard InChI is InChI=1S/C16H16ClNO2/c1-2-7-18-10-13-4-6-15(19-13)16-9-11-8-12(17)3-5-14(11)20-16/h3-6,8-9,18H,2,7,10H2,1H3. The summed E-state index contributed by atoms with van der Waals surface area (Å²) in [6.07, 6.45) is 1.11. The topological polar surface area (TPSA) is 38.3 Å². The van der Waals surface area contributed by atoms with E-state index in [2.05, 4.69) is 12.2 Å². The minimum atomic E-state index is 0.703. The van der Waals surface area contributed by atoms with E-state index in [4.69, 9.17) is 20.4 Å². The molecule has 0 fully saturated rings. The van der Waals surface area contributed by atoms with E-state index >= 15 is 0 Å². The zero-order valence-electron chi connectivity index (χ0n) is 11.3. The first-order valence-corrected chi connectivity index (χ1v) is 7.13. The van der Waals surface area contributed by atoms with E-state index in [0.717, 1.165) is 47.8 Å². The lowest BCUT2D eigenvalue weighted by Crippen LogP contribution is -2.12. The van der Waals surface area contributed by atoms with E-state index in [9.17, 15) is 0 Å². The lowest BCUT2D eigenvalue weighted by atomic mass is 10.2. The molecule has 2 aromatic heterocycles. The van der Waals surface area contributed by atoms with Gasteiger partial charge in [-0.05, 0) is 49.4 Å². The molecular weight excluding hydrogens is 274 g/mol. The number of furan rings is 2. The van der Waals surface area contributed by atoms with Crippen LogP contribution < -0.4 is 5.32 Å². The monoisotopic (exact) mass is 289 g/mol. The van der Waals surface area contributed by atoms with Crippen LogP contribution in [0.4, 0.5) is 0 Å². The molecular formula is C16H16ClNO2. The fraction of sp³-hybridized carbons (Fsp3) is 0.250. The maximum Gasteiger partial charge on any atom is 0.170 e. The van der Waals surface area contributed by atoms with Crippen molar-refractivity contribution in [3.8, 4) is 11.5 Å². The van der Waals surface area contributed by atoms with Crippen LogP contribution in [0.5, 0.6) is 0 Å². The minimum absolute atomic E-state index is 0.703. The number of nitrogens with one attached hydrogen (secondary N) is 1. The van der Waals surface area contributed by atoms with Gasteiger partial charge in [-0.3, -0.25) is 0 Å². The highest BCUT2D eigenvalue weighted by atomic mass is 35.5. The van der Waals surface area contributed by atoms with E-state index in [-0.39, 0.29) is 0 Å². The van der Waals surface area contributed by atoms with Gasteiger partial charge in [-0.1, -0.05) is 18.5 Å². The molecule has 0 bridgehead atoms. The first-order chi connectivity index (χ1) is 9.76. The van der Waals surface area contributed by atoms with Gasteiger partial charge in [0.15, 0.2) is 11.5 Å². The van der Waals surface area contributed by atoms with E-state index in [1.165, 1.54) is 0 Å². The van der Waals surface area contributed by atoms with Crippen LogP contribution in [0.15, 0.2) is 45.2 Å². The summed E-state index contributed by atoms with van der Waals surface area (Å²) < 4.78 is 11.6. The molecule has 0 aliphatic rings. The van der Waals surface area contributed by atoms with Crippen molar-refractivity contribution < 1.29 is 8.83 Å². The Morgan fingerprint density at radius 2 is 1.95 bits per heavy atom. The van der Waals surface area contributed by atoms with Gasteiger partial charge in [-0.15, -0.1) is 0 Å². The summed E-state index contributed by atoms with van der Waals surface area (Å²) in [7, 11) is 0. The van der Waals surface area contributed by atoms with Crippen LogP contribution >= 0.6 is 11.6 Å². The third-order valence-electron chi connectivity index (χ3n) is 3.11. The zero-order valence-corrected chi connectivity index (χ0v) is 12.0. The molecule has 0 atom stereocenters. The summed E-state index contributed by atoms with van der Waals surface area (Å²) >= 11 is 5.98. The van der Waals surface area contributed by atoms with Gasteiger partial charge >= 0.3 is 0 Å².